The van der Waals surface area contributed by atoms with Crippen molar-refractivity contribution >= 4 is 17.7 Å². The molecule has 110 valence electrons. The maximum atomic E-state index is 12.0. The summed E-state index contributed by atoms with van der Waals surface area (Å²) >= 11 is 1.64. The Labute approximate surface area is 129 Å². The molecule has 2 rings (SSSR count). The molecule has 0 heterocycles. The number of thioether (sulfide) groups is 1. The van der Waals surface area contributed by atoms with Crippen molar-refractivity contribution in [1.82, 2.24) is 5.32 Å². The van der Waals surface area contributed by atoms with Gasteiger partial charge in [0.05, 0.1) is 6.10 Å². The van der Waals surface area contributed by atoms with Crippen molar-refractivity contribution in [3.8, 4) is 0 Å². The van der Waals surface area contributed by atoms with E-state index < -0.39 is 6.10 Å². The summed E-state index contributed by atoms with van der Waals surface area (Å²) in [5.41, 5.74) is 1.51. The van der Waals surface area contributed by atoms with E-state index in [0.717, 1.165) is 10.5 Å². The van der Waals surface area contributed by atoms with Gasteiger partial charge in [0.15, 0.2) is 0 Å². The van der Waals surface area contributed by atoms with Crippen LogP contribution in [0.2, 0.25) is 0 Å². The Balaban J connectivity index is 1.81. The van der Waals surface area contributed by atoms with Crippen LogP contribution in [0.15, 0.2) is 59.5 Å². The number of amides is 1. The highest BCUT2D eigenvalue weighted by Gasteiger charge is 2.09. The van der Waals surface area contributed by atoms with Crippen LogP contribution < -0.4 is 5.32 Å². The molecule has 1 unspecified atom stereocenters. The van der Waals surface area contributed by atoms with E-state index in [-0.39, 0.29) is 5.91 Å². The summed E-state index contributed by atoms with van der Waals surface area (Å²) < 4.78 is 0. The summed E-state index contributed by atoms with van der Waals surface area (Å²) in [6, 6.07) is 17.0. The van der Waals surface area contributed by atoms with Crippen molar-refractivity contribution in [2.75, 3.05) is 12.8 Å². The van der Waals surface area contributed by atoms with Crippen molar-refractivity contribution in [2.24, 2.45) is 0 Å². The first-order valence-electron chi connectivity index (χ1n) is 6.86. The van der Waals surface area contributed by atoms with Crippen LogP contribution >= 0.6 is 11.8 Å². The number of carbonyl (C=O) groups is 1. The Bertz CT molecular complexity index is 569. The van der Waals surface area contributed by atoms with Crippen molar-refractivity contribution in [2.45, 2.75) is 17.4 Å². The Morgan fingerprint density at radius 2 is 1.81 bits per heavy atom. The average Bonchev–Trinajstić information content (AvgIpc) is 2.55. The molecule has 0 bridgehead atoms. The summed E-state index contributed by atoms with van der Waals surface area (Å²) in [7, 11) is 0. The van der Waals surface area contributed by atoms with E-state index in [0.29, 0.717) is 18.5 Å². The van der Waals surface area contributed by atoms with Gasteiger partial charge in [0.1, 0.15) is 0 Å². The first kappa shape index (κ1) is 15.6. The van der Waals surface area contributed by atoms with Crippen LogP contribution in [0.1, 0.15) is 28.4 Å². The molecule has 0 fully saturated rings. The molecular weight excluding hydrogens is 282 g/mol. The third kappa shape index (κ3) is 4.62. The summed E-state index contributed by atoms with van der Waals surface area (Å²) in [5.74, 6) is -0.108. The van der Waals surface area contributed by atoms with Gasteiger partial charge >= 0.3 is 0 Å². The monoisotopic (exact) mass is 301 g/mol. The molecule has 21 heavy (non-hydrogen) atoms. The minimum atomic E-state index is -0.551. The molecule has 0 radical (unpaired) electrons. The molecule has 0 spiro atoms. The predicted molar refractivity (Wildman–Crippen MR) is 86.6 cm³/mol. The maximum absolute atomic E-state index is 12.0. The number of hydrogen-bond acceptors (Lipinski definition) is 3. The molecule has 0 aromatic heterocycles. The van der Waals surface area contributed by atoms with Gasteiger partial charge in [-0.2, -0.15) is 0 Å². The lowest BCUT2D eigenvalue weighted by Gasteiger charge is -2.11. The standard InChI is InChI=1S/C17H19NO2S/c1-21-15-9-7-14(8-10-15)17(20)18-12-11-16(19)13-5-3-2-4-6-13/h2-10,16,19H,11-12H2,1H3,(H,18,20). The lowest BCUT2D eigenvalue weighted by atomic mass is 10.1. The van der Waals surface area contributed by atoms with Gasteiger partial charge in [0.25, 0.3) is 5.91 Å². The highest BCUT2D eigenvalue weighted by molar-refractivity contribution is 7.98. The molecule has 4 heteroatoms. The van der Waals surface area contributed by atoms with Crippen LogP contribution in [0.25, 0.3) is 0 Å². The summed E-state index contributed by atoms with van der Waals surface area (Å²) in [5, 5.41) is 12.8. The van der Waals surface area contributed by atoms with E-state index in [2.05, 4.69) is 5.32 Å². The van der Waals surface area contributed by atoms with E-state index >= 15 is 0 Å². The van der Waals surface area contributed by atoms with Crippen LogP contribution in [0.5, 0.6) is 0 Å². The van der Waals surface area contributed by atoms with E-state index in [1.54, 1.807) is 11.8 Å². The molecule has 0 aliphatic carbocycles. The molecule has 0 aliphatic rings. The van der Waals surface area contributed by atoms with Crippen LogP contribution in [-0.4, -0.2) is 23.8 Å². The Morgan fingerprint density at radius 3 is 2.43 bits per heavy atom. The van der Waals surface area contributed by atoms with Gasteiger partial charge < -0.3 is 10.4 Å². The van der Waals surface area contributed by atoms with E-state index in [1.807, 2.05) is 60.9 Å². The zero-order valence-electron chi connectivity index (χ0n) is 12.0. The minimum absolute atomic E-state index is 0.108. The van der Waals surface area contributed by atoms with Gasteiger partial charge in [-0.25, -0.2) is 0 Å². The molecule has 2 aromatic rings. The lowest BCUT2D eigenvalue weighted by molar-refractivity contribution is 0.0942. The predicted octanol–water partition coefficient (Wildman–Crippen LogP) is 3.26. The van der Waals surface area contributed by atoms with Gasteiger partial charge in [0.2, 0.25) is 0 Å². The molecule has 0 saturated heterocycles. The van der Waals surface area contributed by atoms with Gasteiger partial charge in [-0.3, -0.25) is 4.79 Å². The lowest BCUT2D eigenvalue weighted by Crippen LogP contribution is -2.25. The first-order valence-corrected chi connectivity index (χ1v) is 8.08. The van der Waals surface area contributed by atoms with Gasteiger partial charge in [-0.05, 0) is 42.5 Å². The molecule has 0 saturated carbocycles. The molecule has 1 amide bonds. The van der Waals surface area contributed by atoms with E-state index in [4.69, 9.17) is 0 Å². The number of rotatable bonds is 6. The molecule has 1 atom stereocenters. The fraction of sp³-hybridized carbons (Fsp3) is 0.235. The average molecular weight is 301 g/mol. The number of aliphatic hydroxyl groups excluding tert-OH is 1. The van der Waals surface area contributed by atoms with Crippen molar-refractivity contribution in [3.63, 3.8) is 0 Å². The normalized spacial score (nSPS) is 11.9. The maximum Gasteiger partial charge on any atom is 0.251 e. The minimum Gasteiger partial charge on any atom is -0.388 e. The van der Waals surface area contributed by atoms with Crippen molar-refractivity contribution < 1.29 is 9.90 Å². The zero-order valence-corrected chi connectivity index (χ0v) is 12.8. The molecule has 2 aromatic carbocycles. The smallest absolute Gasteiger partial charge is 0.251 e. The Hall–Kier alpha value is -1.78. The van der Waals surface area contributed by atoms with Crippen LogP contribution in [0, 0.1) is 0 Å². The second kappa shape index (κ2) is 7.86. The number of hydrogen-bond donors (Lipinski definition) is 2. The van der Waals surface area contributed by atoms with Crippen LogP contribution in [0.4, 0.5) is 0 Å². The highest BCUT2D eigenvalue weighted by atomic mass is 32.2. The number of benzene rings is 2. The van der Waals surface area contributed by atoms with Crippen LogP contribution in [0.3, 0.4) is 0 Å². The largest absolute Gasteiger partial charge is 0.388 e. The van der Waals surface area contributed by atoms with E-state index in [9.17, 15) is 9.90 Å². The molecular formula is C17H19NO2S. The summed E-state index contributed by atoms with van der Waals surface area (Å²) in [6.07, 6.45) is 1.95. The first-order chi connectivity index (χ1) is 10.2. The molecule has 3 nitrogen and oxygen atoms in total. The van der Waals surface area contributed by atoms with Gasteiger partial charge in [0, 0.05) is 17.0 Å². The third-order valence-corrected chi connectivity index (χ3v) is 3.98. The third-order valence-electron chi connectivity index (χ3n) is 3.24. The van der Waals surface area contributed by atoms with Crippen LogP contribution in [-0.2, 0) is 0 Å². The summed E-state index contributed by atoms with van der Waals surface area (Å²) in [6.45, 7) is 0.444. The second-order valence-electron chi connectivity index (χ2n) is 4.70. The second-order valence-corrected chi connectivity index (χ2v) is 5.58. The molecule has 0 aliphatic heterocycles. The van der Waals surface area contributed by atoms with E-state index in [1.165, 1.54) is 0 Å². The van der Waals surface area contributed by atoms with Crippen molar-refractivity contribution in [1.29, 1.82) is 0 Å². The number of aliphatic hydroxyl groups is 1. The van der Waals surface area contributed by atoms with Gasteiger partial charge in [-0.15, -0.1) is 11.8 Å². The van der Waals surface area contributed by atoms with Gasteiger partial charge in [-0.1, -0.05) is 30.3 Å². The Morgan fingerprint density at radius 1 is 1.14 bits per heavy atom. The number of carbonyl (C=O) groups excluding carboxylic acids is 1. The molecule has 2 N–H and O–H groups in total. The fourth-order valence-electron chi connectivity index (χ4n) is 2.01. The Kier molecular flexibility index (Phi) is 5.84. The quantitative estimate of drug-likeness (QED) is 0.805. The SMILES string of the molecule is CSc1ccc(C(=O)NCCC(O)c2ccccc2)cc1. The zero-order chi connectivity index (χ0) is 15.1. The highest BCUT2D eigenvalue weighted by Crippen LogP contribution is 2.16. The summed E-state index contributed by atoms with van der Waals surface area (Å²) in [4.78, 5) is 13.1. The fourth-order valence-corrected chi connectivity index (χ4v) is 2.42. The van der Waals surface area contributed by atoms with Crippen molar-refractivity contribution in [3.05, 3.63) is 65.7 Å². The number of nitrogens with one attached hydrogen (secondary N) is 1. The topological polar surface area (TPSA) is 49.3 Å².